The second-order valence-corrected chi connectivity index (χ2v) is 3.96. The first-order valence-corrected chi connectivity index (χ1v) is 4.68. The molecule has 2 atom stereocenters. The van der Waals surface area contributed by atoms with Gasteiger partial charge in [-0.2, -0.15) is 0 Å². The molecule has 0 amide bonds. The number of hydrogen-bond acceptors (Lipinski definition) is 2. The van der Waals surface area contributed by atoms with Crippen molar-refractivity contribution in [3.05, 3.63) is 36.8 Å². The van der Waals surface area contributed by atoms with Gasteiger partial charge in [-0.1, -0.05) is 24.3 Å². The van der Waals surface area contributed by atoms with Gasteiger partial charge in [0.05, 0.1) is 5.92 Å². The highest BCUT2D eigenvalue weighted by Gasteiger charge is 2.59. The van der Waals surface area contributed by atoms with Crippen LogP contribution in [0.3, 0.4) is 0 Å². The molecule has 0 bridgehead atoms. The van der Waals surface area contributed by atoms with E-state index in [4.69, 9.17) is 9.47 Å². The lowest BCUT2D eigenvalue weighted by Crippen LogP contribution is -2.52. The first-order chi connectivity index (χ1) is 6.34. The molecule has 2 heteroatoms. The first-order valence-electron chi connectivity index (χ1n) is 4.68. The summed E-state index contributed by atoms with van der Waals surface area (Å²) in [6.45, 7) is 3.79. The molecule has 1 fully saturated rings. The van der Waals surface area contributed by atoms with Crippen molar-refractivity contribution < 1.29 is 9.47 Å². The Morgan fingerprint density at radius 1 is 1.46 bits per heavy atom. The van der Waals surface area contributed by atoms with E-state index < -0.39 is 0 Å². The Bertz CT molecular complexity index is 306. The van der Waals surface area contributed by atoms with Gasteiger partial charge in [0, 0.05) is 6.42 Å². The molecule has 0 radical (unpaired) electrons. The number of fused-ring (bicyclic) bond motifs is 2. The lowest BCUT2D eigenvalue weighted by Gasteiger charge is -2.46. The van der Waals surface area contributed by atoms with Crippen molar-refractivity contribution in [1.82, 2.24) is 0 Å². The van der Waals surface area contributed by atoms with Crippen LogP contribution in [0.2, 0.25) is 0 Å². The van der Waals surface area contributed by atoms with Gasteiger partial charge in [0.1, 0.15) is 12.5 Å². The zero-order chi connectivity index (χ0) is 8.89. The first kappa shape index (κ1) is 7.25. The van der Waals surface area contributed by atoms with Gasteiger partial charge in [0.2, 0.25) is 0 Å². The van der Waals surface area contributed by atoms with Crippen LogP contribution in [0, 0.1) is 11.8 Å². The van der Waals surface area contributed by atoms with Gasteiger partial charge in [0.15, 0.2) is 0 Å². The van der Waals surface area contributed by atoms with Crippen LogP contribution < -0.4 is 0 Å². The second kappa shape index (κ2) is 2.19. The summed E-state index contributed by atoms with van der Waals surface area (Å²) in [4.78, 5) is 0. The maximum absolute atomic E-state index is 5.50. The molecule has 2 aliphatic carbocycles. The van der Waals surface area contributed by atoms with Crippen LogP contribution in [-0.2, 0) is 9.47 Å². The third-order valence-corrected chi connectivity index (χ3v) is 3.31. The summed E-state index contributed by atoms with van der Waals surface area (Å²) < 4.78 is 11.0. The molecule has 1 spiro atoms. The van der Waals surface area contributed by atoms with Crippen molar-refractivity contribution in [1.29, 1.82) is 0 Å². The van der Waals surface area contributed by atoms with E-state index in [-0.39, 0.29) is 5.79 Å². The Morgan fingerprint density at radius 3 is 2.92 bits per heavy atom. The summed E-state index contributed by atoms with van der Waals surface area (Å²) in [7, 11) is 0. The molecule has 1 heterocycles. The van der Waals surface area contributed by atoms with E-state index in [1.54, 1.807) is 12.5 Å². The average Bonchev–Trinajstić information content (AvgIpc) is 2.69. The zero-order valence-electron chi connectivity index (χ0n) is 7.40. The molecule has 0 N–H and O–H groups in total. The molecule has 0 aromatic heterocycles. The van der Waals surface area contributed by atoms with Crippen LogP contribution in [0.4, 0.5) is 0 Å². The van der Waals surface area contributed by atoms with Crippen molar-refractivity contribution in [2.45, 2.75) is 18.6 Å². The molecule has 3 rings (SSSR count). The number of allylic oxidation sites excluding steroid dienone is 2. The van der Waals surface area contributed by atoms with E-state index in [0.29, 0.717) is 11.8 Å². The lowest BCUT2D eigenvalue weighted by molar-refractivity contribution is -0.245. The fourth-order valence-electron chi connectivity index (χ4n) is 2.61. The third-order valence-electron chi connectivity index (χ3n) is 3.31. The molecule has 0 aromatic carbocycles. The van der Waals surface area contributed by atoms with Gasteiger partial charge in [-0.15, -0.1) is 0 Å². The van der Waals surface area contributed by atoms with Gasteiger partial charge in [-0.25, -0.2) is 0 Å². The molecular weight excluding hydrogens is 164 g/mol. The molecule has 2 nitrogen and oxygen atoms in total. The summed E-state index contributed by atoms with van der Waals surface area (Å²) in [6, 6.07) is 0. The Labute approximate surface area is 77.5 Å². The standard InChI is InChI=1S/C11H12O2/c1-2-8-5-9-7-11(10(9)6-8)12-3-4-13-11/h2-4,6,9-10H,1,5,7H2/t9-,10-/m1/s1. The van der Waals surface area contributed by atoms with E-state index >= 15 is 0 Å². The maximum atomic E-state index is 5.50. The Balaban J connectivity index is 1.85. The minimum Gasteiger partial charge on any atom is -0.456 e. The molecule has 0 unspecified atom stereocenters. The Hall–Kier alpha value is -1.18. The van der Waals surface area contributed by atoms with Gasteiger partial charge in [-0.05, 0) is 12.3 Å². The highest BCUT2D eigenvalue weighted by Crippen LogP contribution is 2.56. The molecular formula is C11H12O2. The van der Waals surface area contributed by atoms with E-state index in [9.17, 15) is 0 Å². The lowest BCUT2D eigenvalue weighted by atomic mass is 9.70. The van der Waals surface area contributed by atoms with Gasteiger partial charge in [0.25, 0.3) is 5.79 Å². The Morgan fingerprint density at radius 2 is 2.23 bits per heavy atom. The monoisotopic (exact) mass is 176 g/mol. The third kappa shape index (κ3) is 0.781. The number of hydrogen-bond donors (Lipinski definition) is 0. The number of ether oxygens (including phenoxy) is 2. The topological polar surface area (TPSA) is 18.5 Å². The number of rotatable bonds is 1. The van der Waals surface area contributed by atoms with Crippen molar-refractivity contribution in [2.75, 3.05) is 0 Å². The van der Waals surface area contributed by atoms with E-state index in [1.807, 2.05) is 6.08 Å². The molecule has 3 aliphatic rings. The Kier molecular flexibility index (Phi) is 1.22. The summed E-state index contributed by atoms with van der Waals surface area (Å²) in [5.41, 5.74) is 1.34. The second-order valence-electron chi connectivity index (χ2n) is 3.96. The molecule has 0 saturated heterocycles. The van der Waals surface area contributed by atoms with Crippen LogP contribution in [0.25, 0.3) is 0 Å². The summed E-state index contributed by atoms with van der Waals surface area (Å²) in [5.74, 6) is 0.818. The molecule has 0 aromatic rings. The smallest absolute Gasteiger partial charge is 0.256 e. The predicted octanol–water partition coefficient (Wildman–Crippen LogP) is 2.35. The van der Waals surface area contributed by atoms with Gasteiger partial charge in [-0.3, -0.25) is 0 Å². The minimum absolute atomic E-state index is 0.338. The van der Waals surface area contributed by atoms with Crippen molar-refractivity contribution in [3.63, 3.8) is 0 Å². The summed E-state index contributed by atoms with van der Waals surface area (Å²) in [5, 5.41) is 0. The quantitative estimate of drug-likeness (QED) is 0.610. The highest BCUT2D eigenvalue weighted by molar-refractivity contribution is 5.30. The normalized spacial score (nSPS) is 37.4. The SMILES string of the molecule is C=CC1=C[C@@H]2[C@H](C1)CC21OC=CO1. The molecule has 68 valence electrons. The zero-order valence-corrected chi connectivity index (χ0v) is 7.40. The molecule has 13 heavy (non-hydrogen) atoms. The highest BCUT2D eigenvalue weighted by atomic mass is 16.7. The van der Waals surface area contributed by atoms with Gasteiger partial charge < -0.3 is 9.47 Å². The van der Waals surface area contributed by atoms with Crippen molar-refractivity contribution >= 4 is 0 Å². The fraction of sp³-hybridized carbons (Fsp3) is 0.455. The van der Waals surface area contributed by atoms with Crippen LogP contribution in [0.5, 0.6) is 0 Å². The largest absolute Gasteiger partial charge is 0.456 e. The van der Waals surface area contributed by atoms with Crippen molar-refractivity contribution in [3.8, 4) is 0 Å². The summed E-state index contributed by atoms with van der Waals surface area (Å²) in [6.07, 6.45) is 9.63. The fourth-order valence-corrected chi connectivity index (χ4v) is 2.61. The van der Waals surface area contributed by atoms with Crippen LogP contribution in [0.1, 0.15) is 12.8 Å². The van der Waals surface area contributed by atoms with Crippen LogP contribution >= 0.6 is 0 Å². The van der Waals surface area contributed by atoms with Crippen molar-refractivity contribution in [2.24, 2.45) is 11.8 Å². The minimum atomic E-state index is -0.338. The van der Waals surface area contributed by atoms with Crippen LogP contribution in [-0.4, -0.2) is 5.79 Å². The molecule has 1 saturated carbocycles. The van der Waals surface area contributed by atoms with Crippen LogP contribution in [0.15, 0.2) is 36.8 Å². The maximum Gasteiger partial charge on any atom is 0.256 e. The molecule has 1 aliphatic heterocycles. The van der Waals surface area contributed by atoms with E-state index in [0.717, 1.165) is 12.8 Å². The predicted molar refractivity (Wildman–Crippen MR) is 48.5 cm³/mol. The van der Waals surface area contributed by atoms with E-state index in [1.165, 1.54) is 5.57 Å². The van der Waals surface area contributed by atoms with Gasteiger partial charge >= 0.3 is 0 Å². The summed E-state index contributed by atoms with van der Waals surface area (Å²) >= 11 is 0. The van der Waals surface area contributed by atoms with E-state index in [2.05, 4.69) is 12.7 Å². The average molecular weight is 176 g/mol.